The molecule has 1 aliphatic rings. The van der Waals surface area contributed by atoms with Crippen molar-refractivity contribution in [3.63, 3.8) is 0 Å². The summed E-state index contributed by atoms with van der Waals surface area (Å²) in [6.45, 7) is 0. The molecule has 0 radical (unpaired) electrons. The lowest BCUT2D eigenvalue weighted by molar-refractivity contribution is 0.766. The molecule has 1 N–H and O–H groups in total. The lowest BCUT2D eigenvalue weighted by Crippen LogP contribution is -2.21. The number of hydrogen-bond acceptors (Lipinski definition) is 2. The molecule has 0 atom stereocenters. The number of fused-ring (bicyclic) bond motifs is 3. The van der Waals surface area contributed by atoms with E-state index in [2.05, 4.69) is 16.3 Å². The van der Waals surface area contributed by atoms with Gasteiger partial charge in [-0.05, 0) is 18.1 Å². The fraction of sp³-hybridized carbons (Fsp3) is 0.200. The van der Waals surface area contributed by atoms with Crippen LogP contribution in [0.25, 0.3) is 5.69 Å². The summed E-state index contributed by atoms with van der Waals surface area (Å²) < 4.78 is 1.65. The van der Waals surface area contributed by atoms with E-state index in [0.29, 0.717) is 0 Å². The van der Waals surface area contributed by atoms with Crippen molar-refractivity contribution >= 4 is 0 Å². The van der Waals surface area contributed by atoms with E-state index in [0.717, 1.165) is 24.4 Å². The summed E-state index contributed by atoms with van der Waals surface area (Å²) in [6, 6.07) is 7.94. The van der Waals surface area contributed by atoms with Crippen LogP contribution in [-0.2, 0) is 12.8 Å². The van der Waals surface area contributed by atoms with E-state index >= 15 is 0 Å². The Kier molecular flexibility index (Phi) is 1.39. The van der Waals surface area contributed by atoms with E-state index in [1.165, 1.54) is 5.56 Å². The predicted molar refractivity (Wildman–Crippen MR) is 51.6 cm³/mol. The fourth-order valence-electron chi connectivity index (χ4n) is 1.93. The number of nitrogens with zero attached hydrogens (tertiary/aromatic N) is 2. The molecule has 1 aliphatic heterocycles. The van der Waals surface area contributed by atoms with Crippen LogP contribution in [-0.4, -0.2) is 14.8 Å². The van der Waals surface area contributed by atoms with Crippen LogP contribution in [0.2, 0.25) is 0 Å². The van der Waals surface area contributed by atoms with Gasteiger partial charge in [-0.1, -0.05) is 18.2 Å². The molecule has 4 nitrogen and oxygen atoms in total. The maximum Gasteiger partial charge on any atom is 0.347 e. The molecule has 1 aromatic heterocycles. The van der Waals surface area contributed by atoms with E-state index < -0.39 is 0 Å². The van der Waals surface area contributed by atoms with Gasteiger partial charge in [-0.15, -0.1) is 0 Å². The van der Waals surface area contributed by atoms with Gasteiger partial charge in [0.2, 0.25) is 0 Å². The molecule has 0 spiro atoms. The van der Waals surface area contributed by atoms with E-state index in [-0.39, 0.29) is 5.69 Å². The van der Waals surface area contributed by atoms with Gasteiger partial charge in [0, 0.05) is 6.42 Å². The minimum absolute atomic E-state index is 0.146. The Hall–Kier alpha value is -1.84. The van der Waals surface area contributed by atoms with Crippen LogP contribution >= 0.6 is 0 Å². The van der Waals surface area contributed by atoms with Gasteiger partial charge in [0.05, 0.1) is 5.69 Å². The van der Waals surface area contributed by atoms with Gasteiger partial charge in [-0.2, -0.15) is 5.10 Å². The van der Waals surface area contributed by atoms with Crippen molar-refractivity contribution in [1.82, 2.24) is 14.8 Å². The summed E-state index contributed by atoms with van der Waals surface area (Å²) >= 11 is 0. The summed E-state index contributed by atoms with van der Waals surface area (Å²) in [5, 5.41) is 6.46. The Morgan fingerprint density at radius 1 is 1.29 bits per heavy atom. The molecule has 70 valence electrons. The first-order valence-electron chi connectivity index (χ1n) is 4.61. The van der Waals surface area contributed by atoms with Crippen LogP contribution in [0, 0.1) is 0 Å². The zero-order valence-corrected chi connectivity index (χ0v) is 7.53. The van der Waals surface area contributed by atoms with Crippen molar-refractivity contribution < 1.29 is 0 Å². The van der Waals surface area contributed by atoms with E-state index in [9.17, 15) is 4.79 Å². The molecule has 0 saturated heterocycles. The number of aromatic nitrogens is 3. The number of nitrogens with one attached hydrogen (secondary N) is 1. The number of aromatic amines is 1. The largest absolute Gasteiger partial charge is 0.347 e. The summed E-state index contributed by atoms with van der Waals surface area (Å²) in [5.74, 6) is 0.828. The number of aryl methyl sites for hydroxylation is 2. The molecule has 3 rings (SSSR count). The van der Waals surface area contributed by atoms with Crippen LogP contribution in [0.1, 0.15) is 11.4 Å². The topological polar surface area (TPSA) is 50.7 Å². The highest BCUT2D eigenvalue weighted by Crippen LogP contribution is 2.20. The number of H-pyrrole nitrogens is 1. The molecule has 0 saturated carbocycles. The number of benzene rings is 1. The van der Waals surface area contributed by atoms with Crippen molar-refractivity contribution in [3.05, 3.63) is 46.1 Å². The van der Waals surface area contributed by atoms with Gasteiger partial charge >= 0.3 is 5.69 Å². The second-order valence-corrected chi connectivity index (χ2v) is 3.41. The Balaban J connectivity index is 2.38. The lowest BCUT2D eigenvalue weighted by atomic mass is 10.0. The summed E-state index contributed by atoms with van der Waals surface area (Å²) in [7, 11) is 0. The molecule has 0 fully saturated rings. The van der Waals surface area contributed by atoms with Crippen LogP contribution in [0.4, 0.5) is 0 Å². The summed E-state index contributed by atoms with van der Waals surface area (Å²) in [4.78, 5) is 11.5. The molecule has 2 heterocycles. The van der Waals surface area contributed by atoms with E-state index in [4.69, 9.17) is 0 Å². The lowest BCUT2D eigenvalue weighted by Gasteiger charge is -2.15. The average Bonchev–Trinajstić information content (AvgIpc) is 2.61. The fourth-order valence-corrected chi connectivity index (χ4v) is 1.93. The van der Waals surface area contributed by atoms with Gasteiger partial charge in [0.25, 0.3) is 0 Å². The first-order valence-corrected chi connectivity index (χ1v) is 4.61. The minimum atomic E-state index is -0.146. The van der Waals surface area contributed by atoms with E-state index in [1.807, 2.05) is 18.2 Å². The molecule has 2 aromatic rings. The number of hydrogen-bond donors (Lipinski definition) is 1. The van der Waals surface area contributed by atoms with Gasteiger partial charge in [0.15, 0.2) is 0 Å². The quantitative estimate of drug-likeness (QED) is 0.658. The van der Waals surface area contributed by atoms with Crippen molar-refractivity contribution in [1.29, 1.82) is 0 Å². The summed E-state index contributed by atoms with van der Waals surface area (Å²) in [6.07, 6.45) is 1.79. The van der Waals surface area contributed by atoms with Gasteiger partial charge in [-0.3, -0.25) is 0 Å². The van der Waals surface area contributed by atoms with Crippen molar-refractivity contribution in [2.24, 2.45) is 0 Å². The Labute approximate surface area is 80.2 Å². The third-order valence-electron chi connectivity index (χ3n) is 2.59. The zero-order valence-electron chi connectivity index (χ0n) is 7.53. The van der Waals surface area contributed by atoms with Gasteiger partial charge < -0.3 is 0 Å². The molecule has 1 aromatic carbocycles. The second kappa shape index (κ2) is 2.57. The average molecular weight is 187 g/mol. The standard InChI is InChI=1S/C10H9N3O/c14-10-12-11-9-6-5-7-3-1-2-4-8(7)13(9)10/h1-4H,5-6H2,(H,12,14). The van der Waals surface area contributed by atoms with Crippen LogP contribution in [0.5, 0.6) is 0 Å². The van der Waals surface area contributed by atoms with Crippen molar-refractivity contribution in [2.75, 3.05) is 0 Å². The number of rotatable bonds is 0. The monoisotopic (exact) mass is 187 g/mol. The van der Waals surface area contributed by atoms with Gasteiger partial charge in [-0.25, -0.2) is 14.5 Å². The molecule has 0 unspecified atom stereocenters. The maximum absolute atomic E-state index is 11.5. The second-order valence-electron chi connectivity index (χ2n) is 3.41. The molecule has 0 bridgehead atoms. The van der Waals surface area contributed by atoms with Crippen LogP contribution in [0.3, 0.4) is 0 Å². The molecule has 4 heteroatoms. The Bertz CT molecular complexity index is 538. The molecular formula is C10H9N3O. The van der Waals surface area contributed by atoms with E-state index in [1.54, 1.807) is 4.57 Å². The SMILES string of the molecule is O=c1[nH]nc2n1-c1ccccc1CC2. The Morgan fingerprint density at radius 3 is 3.07 bits per heavy atom. The molecular weight excluding hydrogens is 178 g/mol. The van der Waals surface area contributed by atoms with Crippen molar-refractivity contribution in [2.45, 2.75) is 12.8 Å². The highest BCUT2D eigenvalue weighted by Gasteiger charge is 2.18. The first-order chi connectivity index (χ1) is 6.86. The number of para-hydroxylation sites is 1. The van der Waals surface area contributed by atoms with Crippen LogP contribution < -0.4 is 5.69 Å². The van der Waals surface area contributed by atoms with Gasteiger partial charge in [0.1, 0.15) is 5.82 Å². The molecule has 14 heavy (non-hydrogen) atoms. The maximum atomic E-state index is 11.5. The smallest absolute Gasteiger partial charge is 0.247 e. The highest BCUT2D eigenvalue weighted by molar-refractivity contribution is 5.44. The minimum Gasteiger partial charge on any atom is -0.247 e. The first kappa shape index (κ1) is 7.55. The predicted octanol–water partition coefficient (Wildman–Crippen LogP) is 0.659. The third-order valence-corrected chi connectivity index (χ3v) is 2.59. The highest BCUT2D eigenvalue weighted by atomic mass is 16.1. The normalized spacial score (nSPS) is 13.4. The van der Waals surface area contributed by atoms with Crippen molar-refractivity contribution in [3.8, 4) is 5.69 Å². The molecule has 0 amide bonds. The summed E-state index contributed by atoms with van der Waals surface area (Å²) in [5.41, 5.74) is 2.03. The molecule has 0 aliphatic carbocycles. The van der Waals surface area contributed by atoms with Crippen LogP contribution in [0.15, 0.2) is 29.1 Å². The third kappa shape index (κ3) is 0.878. The Morgan fingerprint density at radius 2 is 2.14 bits per heavy atom. The zero-order chi connectivity index (χ0) is 9.54.